The number of hydrogen-bond donors (Lipinski definition) is 2. The number of piperidine rings is 1. The molecule has 3 nitrogen and oxygen atoms in total. The summed E-state index contributed by atoms with van der Waals surface area (Å²) in [6.07, 6.45) is 2.44. The zero-order chi connectivity index (χ0) is 8.97. The normalized spacial score (nSPS) is 32.2. The van der Waals surface area contributed by atoms with Gasteiger partial charge in [-0.2, -0.15) is 0 Å². The zero-order valence-electron chi connectivity index (χ0n) is 8.00. The molecule has 1 saturated heterocycles. The topological polar surface area (TPSA) is 55.3 Å². The highest BCUT2D eigenvalue weighted by Gasteiger charge is 2.22. The van der Waals surface area contributed by atoms with E-state index in [0.29, 0.717) is 6.04 Å². The summed E-state index contributed by atoms with van der Waals surface area (Å²) >= 11 is 0. The van der Waals surface area contributed by atoms with Gasteiger partial charge in [-0.05, 0) is 12.3 Å². The lowest BCUT2D eigenvalue weighted by atomic mass is 9.93. The predicted octanol–water partition coefficient (Wildman–Crippen LogP) is 0.00430. The van der Waals surface area contributed by atoms with Gasteiger partial charge in [-0.25, -0.2) is 0 Å². The van der Waals surface area contributed by atoms with E-state index < -0.39 is 0 Å². The molecule has 2 unspecified atom stereocenters. The monoisotopic (exact) mass is 171 g/mol. The highest BCUT2D eigenvalue weighted by Crippen LogP contribution is 2.17. The van der Waals surface area contributed by atoms with Crippen LogP contribution in [0.15, 0.2) is 0 Å². The first-order chi connectivity index (χ1) is 5.76. The summed E-state index contributed by atoms with van der Waals surface area (Å²) in [5, 5.41) is 0. The number of hydrogen-bond acceptors (Lipinski definition) is 3. The molecule has 0 bridgehead atoms. The van der Waals surface area contributed by atoms with Gasteiger partial charge >= 0.3 is 0 Å². The minimum Gasteiger partial charge on any atom is -0.329 e. The Bertz CT molecular complexity index is 127. The van der Waals surface area contributed by atoms with Gasteiger partial charge in [0.2, 0.25) is 0 Å². The largest absolute Gasteiger partial charge is 0.329 e. The van der Waals surface area contributed by atoms with Crippen molar-refractivity contribution in [3.63, 3.8) is 0 Å². The Kier molecular flexibility index (Phi) is 3.98. The Hall–Kier alpha value is -0.120. The molecule has 1 rings (SSSR count). The molecular weight excluding hydrogens is 150 g/mol. The first-order valence-corrected chi connectivity index (χ1v) is 4.94. The van der Waals surface area contributed by atoms with E-state index in [1.54, 1.807) is 0 Å². The third-order valence-electron chi connectivity index (χ3n) is 2.67. The van der Waals surface area contributed by atoms with Crippen molar-refractivity contribution in [1.29, 1.82) is 0 Å². The van der Waals surface area contributed by atoms with E-state index in [2.05, 4.69) is 11.8 Å². The van der Waals surface area contributed by atoms with Crippen molar-refractivity contribution in [3.05, 3.63) is 0 Å². The van der Waals surface area contributed by atoms with E-state index in [0.717, 1.165) is 25.6 Å². The molecule has 0 radical (unpaired) electrons. The molecule has 1 fully saturated rings. The lowest BCUT2D eigenvalue weighted by Gasteiger charge is -2.35. The van der Waals surface area contributed by atoms with Crippen LogP contribution in [0.2, 0.25) is 0 Å². The second-order valence-corrected chi connectivity index (χ2v) is 3.82. The second kappa shape index (κ2) is 4.80. The molecule has 1 heterocycles. The molecule has 1 aliphatic rings. The molecule has 2 atom stereocenters. The maximum Gasteiger partial charge on any atom is 0.0170 e. The first-order valence-electron chi connectivity index (χ1n) is 4.94. The van der Waals surface area contributed by atoms with Gasteiger partial charge in [-0.15, -0.1) is 0 Å². The van der Waals surface area contributed by atoms with Gasteiger partial charge in [-0.1, -0.05) is 13.3 Å². The van der Waals surface area contributed by atoms with Crippen LogP contribution in [0.3, 0.4) is 0 Å². The van der Waals surface area contributed by atoms with Crippen molar-refractivity contribution in [3.8, 4) is 0 Å². The van der Waals surface area contributed by atoms with Crippen LogP contribution in [-0.2, 0) is 0 Å². The molecule has 72 valence electrons. The standard InChI is InChI=1S/C9H21N3/c1-2-8-5-9(11)7-12(6-8)4-3-10/h8-9H,2-7,10-11H2,1H3. The summed E-state index contributed by atoms with van der Waals surface area (Å²) in [6.45, 7) is 6.23. The Morgan fingerprint density at radius 2 is 2.17 bits per heavy atom. The van der Waals surface area contributed by atoms with Crippen molar-refractivity contribution in [2.75, 3.05) is 26.2 Å². The van der Waals surface area contributed by atoms with E-state index in [4.69, 9.17) is 11.5 Å². The lowest BCUT2D eigenvalue weighted by Crippen LogP contribution is -2.48. The summed E-state index contributed by atoms with van der Waals surface area (Å²) in [5.41, 5.74) is 11.4. The van der Waals surface area contributed by atoms with Crippen LogP contribution >= 0.6 is 0 Å². The molecule has 0 amide bonds. The van der Waals surface area contributed by atoms with Crippen LogP contribution in [0.25, 0.3) is 0 Å². The number of nitrogens with two attached hydrogens (primary N) is 2. The van der Waals surface area contributed by atoms with E-state index in [-0.39, 0.29) is 0 Å². The average Bonchev–Trinajstić information content (AvgIpc) is 2.04. The molecule has 1 aliphatic heterocycles. The van der Waals surface area contributed by atoms with E-state index in [1.165, 1.54) is 19.4 Å². The minimum atomic E-state index is 0.371. The van der Waals surface area contributed by atoms with Gasteiger partial charge in [0.15, 0.2) is 0 Å². The van der Waals surface area contributed by atoms with Crippen molar-refractivity contribution in [2.24, 2.45) is 17.4 Å². The Balaban J connectivity index is 2.34. The highest BCUT2D eigenvalue weighted by atomic mass is 15.2. The van der Waals surface area contributed by atoms with E-state index in [9.17, 15) is 0 Å². The molecular formula is C9H21N3. The van der Waals surface area contributed by atoms with Crippen molar-refractivity contribution in [1.82, 2.24) is 4.90 Å². The van der Waals surface area contributed by atoms with Gasteiger partial charge in [-0.3, -0.25) is 0 Å². The van der Waals surface area contributed by atoms with Gasteiger partial charge in [0.25, 0.3) is 0 Å². The summed E-state index contributed by atoms with van der Waals surface area (Å²) in [6, 6.07) is 0.371. The molecule has 4 N–H and O–H groups in total. The van der Waals surface area contributed by atoms with Gasteiger partial charge in [0.05, 0.1) is 0 Å². The average molecular weight is 171 g/mol. The summed E-state index contributed by atoms with van der Waals surface area (Å²) in [7, 11) is 0. The van der Waals surface area contributed by atoms with Crippen LogP contribution < -0.4 is 11.5 Å². The fraction of sp³-hybridized carbons (Fsp3) is 1.00. The lowest BCUT2D eigenvalue weighted by molar-refractivity contribution is 0.158. The zero-order valence-corrected chi connectivity index (χ0v) is 8.00. The maximum atomic E-state index is 5.94. The number of likely N-dealkylation sites (tertiary alicyclic amines) is 1. The predicted molar refractivity (Wildman–Crippen MR) is 51.9 cm³/mol. The molecule has 0 aliphatic carbocycles. The van der Waals surface area contributed by atoms with Crippen LogP contribution in [0.5, 0.6) is 0 Å². The SMILES string of the molecule is CCC1CC(N)CN(CCN)C1. The molecule has 0 spiro atoms. The fourth-order valence-electron chi connectivity index (χ4n) is 2.01. The van der Waals surface area contributed by atoms with Crippen molar-refractivity contribution in [2.45, 2.75) is 25.8 Å². The van der Waals surface area contributed by atoms with Crippen LogP contribution in [0, 0.1) is 5.92 Å². The third-order valence-corrected chi connectivity index (χ3v) is 2.67. The van der Waals surface area contributed by atoms with Gasteiger partial charge in [0, 0.05) is 32.2 Å². The summed E-state index contributed by atoms with van der Waals surface area (Å²) in [5.74, 6) is 0.792. The highest BCUT2D eigenvalue weighted by molar-refractivity contribution is 4.80. The quantitative estimate of drug-likeness (QED) is 0.628. The maximum absolute atomic E-state index is 5.94. The van der Waals surface area contributed by atoms with Gasteiger partial charge in [0.1, 0.15) is 0 Å². The molecule has 0 aromatic rings. The van der Waals surface area contributed by atoms with Crippen molar-refractivity contribution < 1.29 is 0 Å². The Labute approximate surface area is 75.1 Å². The second-order valence-electron chi connectivity index (χ2n) is 3.82. The van der Waals surface area contributed by atoms with Crippen LogP contribution in [0.1, 0.15) is 19.8 Å². The Morgan fingerprint density at radius 1 is 1.42 bits per heavy atom. The van der Waals surface area contributed by atoms with Crippen LogP contribution in [-0.4, -0.2) is 37.1 Å². The van der Waals surface area contributed by atoms with Gasteiger partial charge < -0.3 is 16.4 Å². The molecule has 12 heavy (non-hydrogen) atoms. The molecule has 3 heteroatoms. The van der Waals surface area contributed by atoms with E-state index >= 15 is 0 Å². The van der Waals surface area contributed by atoms with Crippen molar-refractivity contribution >= 4 is 0 Å². The molecule has 0 saturated carbocycles. The van der Waals surface area contributed by atoms with E-state index in [1.807, 2.05) is 0 Å². The number of rotatable bonds is 3. The number of nitrogens with zero attached hydrogens (tertiary/aromatic N) is 1. The Morgan fingerprint density at radius 3 is 2.75 bits per heavy atom. The smallest absolute Gasteiger partial charge is 0.0170 e. The summed E-state index contributed by atoms with van der Waals surface area (Å²) < 4.78 is 0. The van der Waals surface area contributed by atoms with Crippen LogP contribution in [0.4, 0.5) is 0 Å². The molecule has 0 aromatic heterocycles. The minimum absolute atomic E-state index is 0.371. The molecule has 0 aromatic carbocycles. The third kappa shape index (κ3) is 2.73. The fourth-order valence-corrected chi connectivity index (χ4v) is 2.01. The first kappa shape index (κ1) is 9.96. The summed E-state index contributed by atoms with van der Waals surface area (Å²) in [4.78, 5) is 2.39.